The second-order valence-corrected chi connectivity index (χ2v) is 6.99. The Kier molecular flexibility index (Phi) is 6.65. The van der Waals surface area contributed by atoms with Gasteiger partial charge >= 0.3 is 0 Å². The molecule has 0 bridgehead atoms. The second kappa shape index (κ2) is 9.18. The number of hydrogen-bond donors (Lipinski definition) is 0. The van der Waals surface area contributed by atoms with Crippen LogP contribution in [0.4, 0.5) is 0 Å². The molecular weight excluding hydrogens is 374 g/mol. The first-order valence-electron chi connectivity index (χ1n) is 9.43. The zero-order valence-corrected chi connectivity index (χ0v) is 17.5. The average Bonchev–Trinajstić information content (AvgIpc) is 3.11. The highest BCUT2D eigenvalue weighted by Gasteiger charge is 2.28. The van der Waals surface area contributed by atoms with Gasteiger partial charge in [-0.2, -0.15) is 0 Å². The second-order valence-electron chi connectivity index (χ2n) is 6.55. The van der Waals surface area contributed by atoms with Crippen molar-refractivity contribution in [3.8, 4) is 17.2 Å². The number of benzene rings is 2. The lowest BCUT2D eigenvalue weighted by molar-refractivity contribution is 0.0660. The van der Waals surface area contributed by atoms with Gasteiger partial charge in [-0.1, -0.05) is 44.0 Å². The van der Waals surface area contributed by atoms with Crippen LogP contribution in [-0.4, -0.2) is 18.8 Å². The van der Waals surface area contributed by atoms with Gasteiger partial charge in [0.1, 0.15) is 6.10 Å². The summed E-state index contributed by atoms with van der Waals surface area (Å²) in [6, 6.07) is 15.8. The maximum Gasteiger partial charge on any atom is 0.166 e. The Bertz CT molecular complexity index is 935. The molecule has 3 aromatic rings. The minimum Gasteiger partial charge on any atom is -0.493 e. The highest BCUT2D eigenvalue weighted by atomic mass is 35.5. The fourth-order valence-electron chi connectivity index (χ4n) is 3.36. The standard InChI is InChI=1S/C20H18ClNO3.C3H8/c1-23-18-7-3-6-15(20(18)24-2)19-16-11-13(21)8-9-17(16)22-10-4-5-14(22)12-25-19;1-3-2/h3-11,19H,12H2,1-2H3;3H2,1-2H3. The van der Waals surface area contributed by atoms with E-state index in [1.165, 1.54) is 6.42 Å². The molecule has 28 heavy (non-hydrogen) atoms. The number of aromatic nitrogens is 1. The first kappa shape index (κ1) is 20.3. The highest BCUT2D eigenvalue weighted by molar-refractivity contribution is 6.30. The predicted octanol–water partition coefficient (Wildman–Crippen LogP) is 6.18. The maximum atomic E-state index is 6.30. The fourth-order valence-corrected chi connectivity index (χ4v) is 3.54. The minimum absolute atomic E-state index is 0.307. The summed E-state index contributed by atoms with van der Waals surface area (Å²) in [4.78, 5) is 0. The zero-order chi connectivity index (χ0) is 20.1. The molecule has 1 aliphatic heterocycles. The van der Waals surface area contributed by atoms with Gasteiger partial charge in [-0.05, 0) is 36.4 Å². The van der Waals surface area contributed by atoms with Gasteiger partial charge in [0.2, 0.25) is 0 Å². The van der Waals surface area contributed by atoms with E-state index in [0.29, 0.717) is 23.1 Å². The van der Waals surface area contributed by atoms with Crippen LogP contribution in [0.15, 0.2) is 54.7 Å². The molecule has 0 saturated carbocycles. The van der Waals surface area contributed by atoms with Crippen molar-refractivity contribution in [1.29, 1.82) is 0 Å². The van der Waals surface area contributed by atoms with Crippen molar-refractivity contribution in [2.24, 2.45) is 0 Å². The molecule has 0 N–H and O–H groups in total. The molecule has 1 atom stereocenters. The first-order valence-corrected chi connectivity index (χ1v) is 9.80. The van der Waals surface area contributed by atoms with Crippen LogP contribution in [-0.2, 0) is 11.3 Å². The van der Waals surface area contributed by atoms with Gasteiger partial charge in [0.25, 0.3) is 0 Å². The molecule has 4 rings (SSSR count). The van der Waals surface area contributed by atoms with Crippen LogP contribution in [0.1, 0.15) is 43.2 Å². The van der Waals surface area contributed by atoms with Crippen molar-refractivity contribution in [2.45, 2.75) is 33.0 Å². The van der Waals surface area contributed by atoms with Crippen molar-refractivity contribution in [2.75, 3.05) is 14.2 Å². The lowest BCUT2D eigenvalue weighted by Crippen LogP contribution is -2.08. The van der Waals surface area contributed by atoms with E-state index >= 15 is 0 Å². The summed E-state index contributed by atoms with van der Waals surface area (Å²) in [6.45, 7) is 4.74. The zero-order valence-electron chi connectivity index (χ0n) is 16.7. The Morgan fingerprint density at radius 3 is 2.54 bits per heavy atom. The summed E-state index contributed by atoms with van der Waals surface area (Å²) >= 11 is 6.30. The topological polar surface area (TPSA) is 32.6 Å². The molecule has 0 aliphatic carbocycles. The molecule has 0 fully saturated rings. The van der Waals surface area contributed by atoms with Crippen LogP contribution in [0, 0.1) is 0 Å². The summed E-state index contributed by atoms with van der Waals surface area (Å²) in [5, 5.41) is 0.671. The van der Waals surface area contributed by atoms with Gasteiger partial charge in [-0.25, -0.2) is 0 Å². The first-order chi connectivity index (χ1) is 13.6. The molecular formula is C23H26ClNO3. The third kappa shape index (κ3) is 3.89. The number of rotatable bonds is 3. The van der Waals surface area contributed by atoms with Crippen molar-refractivity contribution in [3.05, 3.63) is 76.6 Å². The largest absolute Gasteiger partial charge is 0.493 e. The number of halogens is 1. The van der Waals surface area contributed by atoms with Crippen LogP contribution in [0.25, 0.3) is 5.69 Å². The summed E-state index contributed by atoms with van der Waals surface area (Å²) in [5.41, 5.74) is 4.05. The Hall–Kier alpha value is -2.43. The average molecular weight is 400 g/mol. The molecule has 0 amide bonds. The normalized spacial score (nSPS) is 14.8. The third-order valence-corrected chi connectivity index (χ3v) is 4.71. The molecule has 2 heterocycles. The van der Waals surface area contributed by atoms with Crippen LogP contribution >= 0.6 is 11.6 Å². The van der Waals surface area contributed by atoms with E-state index in [1.807, 2.05) is 48.7 Å². The van der Waals surface area contributed by atoms with Gasteiger partial charge in [0, 0.05) is 28.0 Å². The van der Waals surface area contributed by atoms with Crippen molar-refractivity contribution >= 4 is 11.6 Å². The van der Waals surface area contributed by atoms with Gasteiger partial charge in [0.05, 0.1) is 26.5 Å². The SMILES string of the molecule is CCC.COc1cccc(C2OCc3cccn3-c3ccc(Cl)cc32)c1OC. The van der Waals surface area contributed by atoms with E-state index in [1.54, 1.807) is 14.2 Å². The van der Waals surface area contributed by atoms with Crippen molar-refractivity contribution in [1.82, 2.24) is 4.57 Å². The Morgan fingerprint density at radius 1 is 1.04 bits per heavy atom. The number of nitrogens with zero attached hydrogens (tertiary/aromatic N) is 1. The molecule has 1 unspecified atom stereocenters. The number of ether oxygens (including phenoxy) is 3. The Balaban J connectivity index is 0.000000706. The van der Waals surface area contributed by atoms with E-state index in [9.17, 15) is 0 Å². The number of para-hydroxylation sites is 1. The maximum absolute atomic E-state index is 6.30. The summed E-state index contributed by atoms with van der Waals surface area (Å²) in [6.07, 6.45) is 2.98. The molecule has 5 heteroatoms. The highest BCUT2D eigenvalue weighted by Crippen LogP contribution is 2.43. The predicted molar refractivity (Wildman–Crippen MR) is 113 cm³/mol. The molecule has 4 nitrogen and oxygen atoms in total. The summed E-state index contributed by atoms with van der Waals surface area (Å²) in [5.74, 6) is 1.35. The Labute approximate surface area is 171 Å². The number of methoxy groups -OCH3 is 2. The van der Waals surface area contributed by atoms with E-state index < -0.39 is 0 Å². The summed E-state index contributed by atoms with van der Waals surface area (Å²) < 4.78 is 19.5. The van der Waals surface area contributed by atoms with Gasteiger partial charge in [-0.3, -0.25) is 0 Å². The number of hydrogen-bond acceptors (Lipinski definition) is 3. The minimum atomic E-state index is -0.307. The molecule has 1 aromatic heterocycles. The van der Waals surface area contributed by atoms with Crippen LogP contribution in [0.2, 0.25) is 5.02 Å². The third-order valence-electron chi connectivity index (χ3n) is 4.48. The van der Waals surface area contributed by atoms with Crippen LogP contribution < -0.4 is 9.47 Å². The smallest absolute Gasteiger partial charge is 0.166 e. The van der Waals surface area contributed by atoms with E-state index in [2.05, 4.69) is 24.5 Å². The Morgan fingerprint density at radius 2 is 1.82 bits per heavy atom. The van der Waals surface area contributed by atoms with Crippen molar-refractivity contribution < 1.29 is 14.2 Å². The molecule has 0 saturated heterocycles. The molecule has 1 aliphatic rings. The van der Waals surface area contributed by atoms with E-state index in [4.69, 9.17) is 25.8 Å². The summed E-state index contributed by atoms with van der Waals surface area (Å²) in [7, 11) is 3.27. The van der Waals surface area contributed by atoms with Gasteiger partial charge < -0.3 is 18.8 Å². The fraction of sp³-hybridized carbons (Fsp3) is 0.304. The van der Waals surface area contributed by atoms with Crippen molar-refractivity contribution in [3.63, 3.8) is 0 Å². The van der Waals surface area contributed by atoms with Gasteiger partial charge in [0.15, 0.2) is 11.5 Å². The molecule has 0 radical (unpaired) electrons. The molecule has 2 aromatic carbocycles. The van der Waals surface area contributed by atoms with Gasteiger partial charge in [-0.15, -0.1) is 0 Å². The quantitative estimate of drug-likeness (QED) is 0.526. The number of fused-ring (bicyclic) bond motifs is 3. The van der Waals surface area contributed by atoms with Crippen LogP contribution in [0.3, 0.4) is 0 Å². The lowest BCUT2D eigenvalue weighted by atomic mass is 9.98. The van der Waals surface area contributed by atoms with E-state index in [0.717, 1.165) is 22.5 Å². The van der Waals surface area contributed by atoms with Crippen LogP contribution in [0.5, 0.6) is 11.5 Å². The monoisotopic (exact) mass is 399 g/mol. The molecule has 0 spiro atoms. The van der Waals surface area contributed by atoms with E-state index in [-0.39, 0.29) is 6.10 Å². The lowest BCUT2D eigenvalue weighted by Gasteiger charge is -2.22. The molecule has 148 valence electrons.